The quantitative estimate of drug-likeness (QED) is 0.712. The van der Waals surface area contributed by atoms with Gasteiger partial charge in [0.2, 0.25) is 0 Å². The summed E-state index contributed by atoms with van der Waals surface area (Å²) < 4.78 is 11.7. The number of benzene rings is 1. The second kappa shape index (κ2) is 6.83. The number of hydrogen-bond acceptors (Lipinski definition) is 4. The number of carbonyl (C=O) groups excluding carboxylic acids is 1. The van der Waals surface area contributed by atoms with Crippen molar-refractivity contribution in [2.75, 3.05) is 18.6 Å². The van der Waals surface area contributed by atoms with Gasteiger partial charge in [-0.2, -0.15) is 0 Å². The van der Waals surface area contributed by atoms with E-state index in [4.69, 9.17) is 9.15 Å². The van der Waals surface area contributed by atoms with E-state index < -0.39 is 0 Å². The first-order valence-electron chi connectivity index (χ1n) is 8.99. The maximum Gasteiger partial charge on any atom is 0.265 e. The second-order valence-corrected chi connectivity index (χ2v) is 6.75. The van der Waals surface area contributed by atoms with E-state index >= 15 is 0 Å². The number of amides is 1. The summed E-state index contributed by atoms with van der Waals surface area (Å²) in [5.41, 5.74) is 3.07. The van der Waals surface area contributed by atoms with Crippen LogP contribution in [-0.4, -0.2) is 24.5 Å². The molecule has 4 rings (SSSR count). The van der Waals surface area contributed by atoms with Crippen molar-refractivity contribution in [1.29, 1.82) is 0 Å². The van der Waals surface area contributed by atoms with Gasteiger partial charge in [0, 0.05) is 30.1 Å². The average molecular weight is 350 g/mol. The lowest BCUT2D eigenvalue weighted by molar-refractivity contribution is -0.120. The summed E-state index contributed by atoms with van der Waals surface area (Å²) in [6, 6.07) is 11.4. The molecule has 1 aromatic carbocycles. The molecule has 0 saturated heterocycles. The lowest BCUT2D eigenvalue weighted by atomic mass is 9.96. The van der Waals surface area contributed by atoms with Gasteiger partial charge in [-0.25, -0.2) is 4.98 Å². The molecule has 1 aliphatic rings. The molecule has 0 bridgehead atoms. The monoisotopic (exact) mass is 350 g/mol. The number of likely N-dealkylation sites (N-methyl/N-ethyl adjacent to an activating group) is 1. The first-order chi connectivity index (χ1) is 12.6. The molecule has 5 nitrogen and oxygen atoms in total. The van der Waals surface area contributed by atoms with Gasteiger partial charge in [0.25, 0.3) is 5.91 Å². The summed E-state index contributed by atoms with van der Waals surface area (Å²) >= 11 is 0. The molecule has 1 amide bonds. The van der Waals surface area contributed by atoms with Gasteiger partial charge in [0.15, 0.2) is 6.61 Å². The van der Waals surface area contributed by atoms with Crippen molar-refractivity contribution in [3.63, 3.8) is 0 Å². The van der Waals surface area contributed by atoms with Crippen molar-refractivity contribution in [3.05, 3.63) is 53.4 Å². The summed E-state index contributed by atoms with van der Waals surface area (Å²) in [4.78, 5) is 18.3. The maximum atomic E-state index is 12.4. The van der Waals surface area contributed by atoms with Crippen molar-refractivity contribution < 1.29 is 13.9 Å². The molecule has 0 saturated carbocycles. The van der Waals surface area contributed by atoms with Crippen LogP contribution in [0.25, 0.3) is 11.0 Å². The van der Waals surface area contributed by atoms with Crippen molar-refractivity contribution in [2.45, 2.75) is 32.6 Å². The Balaban J connectivity index is 1.48. The molecule has 0 radical (unpaired) electrons. The third kappa shape index (κ3) is 3.17. The molecule has 0 unspecified atom stereocenters. The Morgan fingerprint density at radius 2 is 2.08 bits per heavy atom. The molecule has 1 aliphatic carbocycles. The number of pyridine rings is 1. The van der Waals surface area contributed by atoms with Crippen molar-refractivity contribution in [3.8, 4) is 5.75 Å². The van der Waals surface area contributed by atoms with Crippen LogP contribution < -0.4 is 9.64 Å². The smallest absolute Gasteiger partial charge is 0.265 e. The van der Waals surface area contributed by atoms with Crippen LogP contribution in [0.15, 0.2) is 40.8 Å². The Kier molecular flexibility index (Phi) is 4.37. The van der Waals surface area contributed by atoms with Gasteiger partial charge in [0.05, 0.1) is 0 Å². The van der Waals surface area contributed by atoms with Crippen molar-refractivity contribution >= 4 is 22.7 Å². The van der Waals surface area contributed by atoms with Crippen LogP contribution in [0, 0.1) is 6.92 Å². The molecule has 26 heavy (non-hydrogen) atoms. The predicted octanol–water partition coefficient (Wildman–Crippen LogP) is 4.06. The zero-order chi connectivity index (χ0) is 18.1. The molecular formula is C21H22N2O3. The van der Waals surface area contributed by atoms with E-state index in [9.17, 15) is 4.79 Å². The fourth-order valence-corrected chi connectivity index (χ4v) is 3.42. The van der Waals surface area contributed by atoms with Gasteiger partial charge in [-0.1, -0.05) is 6.07 Å². The van der Waals surface area contributed by atoms with E-state index in [0.717, 1.165) is 35.3 Å². The Morgan fingerprint density at radius 3 is 2.92 bits per heavy atom. The molecule has 0 atom stereocenters. The van der Waals surface area contributed by atoms with E-state index in [0.29, 0.717) is 11.6 Å². The van der Waals surface area contributed by atoms with E-state index in [1.165, 1.54) is 23.3 Å². The molecule has 5 heteroatoms. The molecule has 0 aliphatic heterocycles. The molecule has 134 valence electrons. The topological polar surface area (TPSA) is 55.6 Å². The minimum Gasteiger partial charge on any atom is -0.484 e. The number of hydrogen-bond donors (Lipinski definition) is 0. The number of aromatic nitrogens is 1. The summed E-state index contributed by atoms with van der Waals surface area (Å²) in [6.07, 6.45) is 4.43. The summed E-state index contributed by atoms with van der Waals surface area (Å²) in [7, 11) is 1.71. The zero-order valence-electron chi connectivity index (χ0n) is 15.1. The molecule has 2 aromatic heterocycles. The predicted molar refractivity (Wildman–Crippen MR) is 101 cm³/mol. The Hall–Kier alpha value is -2.82. The first-order valence-corrected chi connectivity index (χ1v) is 8.99. The van der Waals surface area contributed by atoms with Crippen LogP contribution in [-0.2, 0) is 17.6 Å². The van der Waals surface area contributed by atoms with Gasteiger partial charge in [0.1, 0.15) is 22.9 Å². The fourth-order valence-electron chi connectivity index (χ4n) is 3.42. The van der Waals surface area contributed by atoms with E-state index in [1.54, 1.807) is 7.05 Å². The third-order valence-corrected chi connectivity index (χ3v) is 4.88. The molecule has 0 N–H and O–H groups in total. The maximum absolute atomic E-state index is 12.4. The normalized spacial score (nSPS) is 13.5. The number of ether oxygens (including phenoxy) is 1. The molecular weight excluding hydrogens is 328 g/mol. The van der Waals surface area contributed by atoms with Gasteiger partial charge < -0.3 is 9.15 Å². The molecule has 2 heterocycles. The lowest BCUT2D eigenvalue weighted by Gasteiger charge is -2.17. The van der Waals surface area contributed by atoms with E-state index in [2.05, 4.69) is 4.98 Å². The molecule has 3 aromatic rings. The minimum absolute atomic E-state index is 0.0301. The largest absolute Gasteiger partial charge is 0.484 e. The van der Waals surface area contributed by atoms with Gasteiger partial charge in [-0.15, -0.1) is 0 Å². The highest BCUT2D eigenvalue weighted by Gasteiger charge is 2.18. The number of aryl methyl sites for hydroxylation is 3. The van der Waals surface area contributed by atoms with E-state index in [1.807, 2.05) is 43.3 Å². The van der Waals surface area contributed by atoms with Gasteiger partial charge in [-0.05, 0) is 56.5 Å². The van der Waals surface area contributed by atoms with Crippen LogP contribution in [0.4, 0.5) is 5.82 Å². The number of rotatable bonds is 4. The summed E-state index contributed by atoms with van der Waals surface area (Å²) in [5, 5.41) is 1.11. The Bertz CT molecular complexity index is 961. The first kappa shape index (κ1) is 16.6. The average Bonchev–Trinajstić information content (AvgIpc) is 3.03. The number of anilines is 1. The number of fused-ring (bicyclic) bond motifs is 3. The van der Waals surface area contributed by atoms with Crippen molar-refractivity contribution in [1.82, 2.24) is 4.98 Å². The molecule has 0 spiro atoms. The van der Waals surface area contributed by atoms with Crippen LogP contribution in [0.5, 0.6) is 5.75 Å². The SMILES string of the molecule is Cc1cccc(N(C)C(=O)COc2ccc3oc4c(c3c2)CCCC4)n1. The zero-order valence-corrected chi connectivity index (χ0v) is 15.1. The van der Waals surface area contributed by atoms with E-state index in [-0.39, 0.29) is 12.5 Å². The van der Waals surface area contributed by atoms with Crippen LogP contribution in [0.2, 0.25) is 0 Å². The van der Waals surface area contributed by atoms with Crippen LogP contribution >= 0.6 is 0 Å². The Morgan fingerprint density at radius 1 is 1.23 bits per heavy atom. The fraction of sp³-hybridized carbons (Fsp3) is 0.333. The number of nitrogens with zero attached hydrogens (tertiary/aromatic N) is 2. The van der Waals surface area contributed by atoms with Gasteiger partial charge >= 0.3 is 0 Å². The highest BCUT2D eigenvalue weighted by molar-refractivity contribution is 5.93. The van der Waals surface area contributed by atoms with Crippen molar-refractivity contribution in [2.24, 2.45) is 0 Å². The van der Waals surface area contributed by atoms with Gasteiger partial charge in [-0.3, -0.25) is 9.69 Å². The minimum atomic E-state index is -0.141. The standard InChI is InChI=1S/C21H22N2O3/c1-14-6-5-9-20(22-14)23(2)21(24)13-25-15-10-11-19-17(12-15)16-7-3-4-8-18(16)26-19/h5-6,9-12H,3-4,7-8,13H2,1-2H3. The number of carbonyl (C=O) groups is 1. The Labute approximate surface area is 152 Å². The summed E-state index contributed by atoms with van der Waals surface area (Å²) in [5.74, 6) is 2.27. The molecule has 0 fully saturated rings. The summed E-state index contributed by atoms with van der Waals surface area (Å²) in [6.45, 7) is 1.87. The lowest BCUT2D eigenvalue weighted by Crippen LogP contribution is -2.32. The highest BCUT2D eigenvalue weighted by Crippen LogP contribution is 2.33. The van der Waals surface area contributed by atoms with Crippen LogP contribution in [0.1, 0.15) is 29.9 Å². The highest BCUT2D eigenvalue weighted by atomic mass is 16.5. The number of furan rings is 1. The third-order valence-electron chi connectivity index (χ3n) is 4.88. The second-order valence-electron chi connectivity index (χ2n) is 6.75. The van der Waals surface area contributed by atoms with Crippen LogP contribution in [0.3, 0.4) is 0 Å².